The number of carbonyl (C=O) groups is 2. The van der Waals surface area contributed by atoms with Gasteiger partial charge in [-0.25, -0.2) is 4.99 Å². The van der Waals surface area contributed by atoms with Crippen molar-refractivity contribution in [2.24, 2.45) is 4.99 Å². The first kappa shape index (κ1) is 26.1. The van der Waals surface area contributed by atoms with E-state index >= 15 is 0 Å². The van der Waals surface area contributed by atoms with Crippen LogP contribution in [0.1, 0.15) is 35.3 Å². The van der Waals surface area contributed by atoms with E-state index in [4.69, 9.17) is 9.73 Å². The lowest BCUT2D eigenvalue weighted by molar-refractivity contribution is -0.113. The minimum atomic E-state index is -0.337. The van der Waals surface area contributed by atoms with Crippen LogP contribution in [-0.2, 0) is 4.79 Å². The number of benzene rings is 3. The molecule has 5 rings (SSSR count). The summed E-state index contributed by atoms with van der Waals surface area (Å²) in [6.07, 6.45) is 0.992. The van der Waals surface area contributed by atoms with E-state index in [-0.39, 0.29) is 17.9 Å². The lowest BCUT2D eigenvalue weighted by Gasteiger charge is -2.41. The van der Waals surface area contributed by atoms with E-state index in [1.807, 2.05) is 67.6 Å². The van der Waals surface area contributed by atoms with E-state index in [0.29, 0.717) is 28.2 Å². The number of anilines is 2. The number of aliphatic imine (C=N–C) groups is 1. The SMILES string of the molecule is COc1ccc(NC(=O)C2=C(C)N=C3SCCCN3C2c2cccc(NC(=O)c3cccc(Br)c3)c2)cc1. The van der Waals surface area contributed by atoms with Crippen molar-refractivity contribution in [2.45, 2.75) is 19.4 Å². The van der Waals surface area contributed by atoms with Gasteiger partial charge in [-0.3, -0.25) is 9.59 Å². The van der Waals surface area contributed by atoms with Crippen molar-refractivity contribution >= 4 is 56.0 Å². The van der Waals surface area contributed by atoms with Crippen LogP contribution in [0.4, 0.5) is 11.4 Å². The van der Waals surface area contributed by atoms with Crippen LogP contribution in [0.15, 0.2) is 93.5 Å². The molecular weight excluding hydrogens is 564 g/mol. The Labute approximate surface area is 234 Å². The molecule has 38 heavy (non-hydrogen) atoms. The van der Waals surface area contributed by atoms with Gasteiger partial charge < -0.3 is 20.3 Å². The van der Waals surface area contributed by atoms with E-state index in [9.17, 15) is 9.59 Å². The second-order valence-corrected chi connectivity index (χ2v) is 10.9. The number of thioether (sulfide) groups is 1. The Morgan fingerprint density at radius 1 is 1.00 bits per heavy atom. The zero-order valence-electron chi connectivity index (χ0n) is 21.0. The fourth-order valence-electron chi connectivity index (χ4n) is 4.60. The molecule has 0 bridgehead atoms. The second-order valence-electron chi connectivity index (χ2n) is 8.96. The van der Waals surface area contributed by atoms with Crippen molar-refractivity contribution in [3.05, 3.63) is 99.7 Å². The predicted octanol–water partition coefficient (Wildman–Crippen LogP) is 6.47. The van der Waals surface area contributed by atoms with Crippen LogP contribution >= 0.6 is 27.7 Å². The smallest absolute Gasteiger partial charge is 0.255 e. The molecule has 2 aliphatic heterocycles. The lowest BCUT2D eigenvalue weighted by Crippen LogP contribution is -2.43. The first-order valence-corrected chi connectivity index (χ1v) is 14.0. The molecule has 1 fully saturated rings. The van der Waals surface area contributed by atoms with Crippen LogP contribution in [0.25, 0.3) is 0 Å². The number of methoxy groups -OCH3 is 1. The summed E-state index contributed by atoms with van der Waals surface area (Å²) in [6.45, 7) is 2.67. The van der Waals surface area contributed by atoms with Crippen molar-refractivity contribution in [3.63, 3.8) is 0 Å². The van der Waals surface area contributed by atoms with Gasteiger partial charge in [-0.15, -0.1) is 0 Å². The van der Waals surface area contributed by atoms with Crippen molar-refractivity contribution in [1.82, 2.24) is 4.90 Å². The molecule has 1 atom stereocenters. The quantitative estimate of drug-likeness (QED) is 0.343. The summed E-state index contributed by atoms with van der Waals surface area (Å²) in [5, 5.41) is 6.95. The van der Waals surface area contributed by atoms with Crippen molar-refractivity contribution in [1.29, 1.82) is 0 Å². The number of amidine groups is 1. The van der Waals surface area contributed by atoms with Gasteiger partial charge in [0.1, 0.15) is 5.75 Å². The third-order valence-corrected chi connectivity index (χ3v) is 7.97. The fraction of sp³-hybridized carbons (Fsp3) is 0.207. The average molecular weight is 592 g/mol. The monoisotopic (exact) mass is 590 g/mol. The molecule has 0 saturated carbocycles. The van der Waals surface area contributed by atoms with Gasteiger partial charge in [-0.05, 0) is 73.5 Å². The molecule has 0 spiro atoms. The number of nitrogens with one attached hydrogen (secondary N) is 2. The maximum Gasteiger partial charge on any atom is 0.255 e. The summed E-state index contributed by atoms with van der Waals surface area (Å²) < 4.78 is 6.07. The topological polar surface area (TPSA) is 83.0 Å². The largest absolute Gasteiger partial charge is 0.497 e. The van der Waals surface area contributed by atoms with E-state index < -0.39 is 0 Å². The summed E-state index contributed by atoms with van der Waals surface area (Å²) in [6, 6.07) is 21.9. The minimum Gasteiger partial charge on any atom is -0.497 e. The number of fused-ring (bicyclic) bond motifs is 1. The molecule has 3 aromatic rings. The Kier molecular flexibility index (Phi) is 7.85. The molecule has 2 amide bonds. The third-order valence-electron chi connectivity index (χ3n) is 6.40. The maximum atomic E-state index is 13.7. The first-order valence-electron chi connectivity index (χ1n) is 12.2. The molecule has 2 heterocycles. The Balaban J connectivity index is 1.47. The highest BCUT2D eigenvalue weighted by Crippen LogP contribution is 2.40. The van der Waals surface area contributed by atoms with Crippen LogP contribution in [0.2, 0.25) is 0 Å². The predicted molar refractivity (Wildman–Crippen MR) is 157 cm³/mol. The molecule has 2 aliphatic rings. The highest BCUT2D eigenvalue weighted by molar-refractivity contribution is 9.10. The van der Waals surface area contributed by atoms with Gasteiger partial charge in [0, 0.05) is 33.7 Å². The van der Waals surface area contributed by atoms with Crippen LogP contribution in [0.5, 0.6) is 5.75 Å². The van der Waals surface area contributed by atoms with Crippen LogP contribution in [0.3, 0.4) is 0 Å². The third kappa shape index (κ3) is 5.63. The van der Waals surface area contributed by atoms with E-state index in [1.54, 1.807) is 31.0 Å². The molecule has 0 aromatic heterocycles. The lowest BCUT2D eigenvalue weighted by atomic mass is 9.93. The first-order chi connectivity index (χ1) is 18.4. The molecular formula is C29H27BrN4O3S. The van der Waals surface area contributed by atoms with Gasteiger partial charge in [0.2, 0.25) is 0 Å². The summed E-state index contributed by atoms with van der Waals surface area (Å²) in [5.74, 6) is 1.30. The van der Waals surface area contributed by atoms with Gasteiger partial charge in [0.15, 0.2) is 5.17 Å². The Bertz CT molecular complexity index is 1440. The van der Waals surface area contributed by atoms with Crippen LogP contribution < -0.4 is 15.4 Å². The number of carbonyl (C=O) groups excluding carboxylic acids is 2. The molecule has 1 unspecified atom stereocenters. The van der Waals surface area contributed by atoms with Gasteiger partial charge in [-0.1, -0.05) is 45.9 Å². The second kappa shape index (κ2) is 11.4. The number of nitrogens with zero attached hydrogens (tertiary/aromatic N) is 2. The molecule has 0 aliphatic carbocycles. The Hall–Kier alpha value is -3.56. The van der Waals surface area contributed by atoms with Crippen LogP contribution in [0, 0.1) is 0 Å². The average Bonchev–Trinajstić information content (AvgIpc) is 2.92. The van der Waals surface area contributed by atoms with Gasteiger partial charge in [0.05, 0.1) is 24.4 Å². The van der Waals surface area contributed by atoms with Gasteiger partial charge in [-0.2, -0.15) is 0 Å². The molecule has 7 nitrogen and oxygen atoms in total. The maximum absolute atomic E-state index is 13.7. The number of ether oxygens (including phenoxy) is 1. The van der Waals surface area contributed by atoms with Crippen molar-refractivity contribution in [2.75, 3.05) is 30.0 Å². The molecule has 2 N–H and O–H groups in total. The Morgan fingerprint density at radius 3 is 2.53 bits per heavy atom. The van der Waals surface area contributed by atoms with E-state index in [1.165, 1.54) is 0 Å². The fourth-order valence-corrected chi connectivity index (χ4v) is 6.02. The van der Waals surface area contributed by atoms with E-state index in [0.717, 1.165) is 39.7 Å². The molecule has 3 aromatic carbocycles. The summed E-state index contributed by atoms with van der Waals surface area (Å²) in [5.41, 5.74) is 4.07. The van der Waals surface area contributed by atoms with Gasteiger partial charge >= 0.3 is 0 Å². The zero-order valence-corrected chi connectivity index (χ0v) is 23.4. The standard InChI is InChI=1S/C29H27BrN4O3S/c1-18-25(28(36)32-22-10-12-24(37-2)13-11-22)26(34-14-5-15-38-29(34)31-18)19-6-4-9-23(17-19)33-27(35)20-7-3-8-21(30)16-20/h3-4,6-13,16-17,26H,5,14-15H2,1-2H3,(H,32,36)(H,33,35). The number of hydrogen-bond acceptors (Lipinski definition) is 6. The zero-order chi connectivity index (χ0) is 26.6. The van der Waals surface area contributed by atoms with Crippen molar-refractivity contribution in [3.8, 4) is 5.75 Å². The minimum absolute atomic E-state index is 0.202. The summed E-state index contributed by atoms with van der Waals surface area (Å²) in [4.78, 5) is 33.6. The normalized spacial score (nSPS) is 16.9. The number of allylic oxidation sites excluding steroid dienone is 1. The number of halogens is 1. The summed E-state index contributed by atoms with van der Waals surface area (Å²) in [7, 11) is 1.61. The van der Waals surface area contributed by atoms with Crippen molar-refractivity contribution < 1.29 is 14.3 Å². The highest BCUT2D eigenvalue weighted by Gasteiger charge is 2.37. The van der Waals surface area contributed by atoms with Crippen LogP contribution in [-0.4, -0.2) is 41.3 Å². The molecule has 1 saturated heterocycles. The van der Waals surface area contributed by atoms with E-state index in [2.05, 4.69) is 31.5 Å². The molecule has 9 heteroatoms. The number of hydrogen-bond donors (Lipinski definition) is 2. The van der Waals surface area contributed by atoms with Gasteiger partial charge in [0.25, 0.3) is 11.8 Å². The molecule has 0 radical (unpaired) electrons. The Morgan fingerprint density at radius 2 is 1.76 bits per heavy atom. The summed E-state index contributed by atoms with van der Waals surface area (Å²) >= 11 is 5.13. The number of amides is 2. The molecule has 194 valence electrons. The number of rotatable bonds is 6. The highest BCUT2D eigenvalue weighted by atomic mass is 79.9.